The maximum atomic E-state index is 12.9. The first-order valence-electron chi connectivity index (χ1n) is 4.69. The standard InChI is InChI=1S/C11H12Cl2FNO/c1-11(2,6-12)10(16)15-7-3-4-9(14)8(13)5-7/h3-5H,6H2,1-2H3,(H,15,16). The first kappa shape index (κ1) is 13.3. The Balaban J connectivity index is 2.82. The molecule has 5 heteroatoms. The Hall–Kier alpha value is -0.800. The SMILES string of the molecule is CC(C)(CCl)C(=O)Nc1ccc(F)c(Cl)c1. The summed E-state index contributed by atoms with van der Waals surface area (Å²) in [5, 5.41) is 2.60. The highest BCUT2D eigenvalue weighted by Gasteiger charge is 2.26. The van der Waals surface area contributed by atoms with Gasteiger partial charge in [0.25, 0.3) is 0 Å². The number of alkyl halides is 1. The van der Waals surface area contributed by atoms with Gasteiger partial charge in [-0.05, 0) is 32.0 Å². The van der Waals surface area contributed by atoms with Gasteiger partial charge in [0.05, 0.1) is 10.4 Å². The van der Waals surface area contributed by atoms with Crippen molar-refractivity contribution < 1.29 is 9.18 Å². The van der Waals surface area contributed by atoms with E-state index in [0.717, 1.165) is 0 Å². The molecule has 1 aromatic rings. The highest BCUT2D eigenvalue weighted by Crippen LogP contribution is 2.23. The minimum atomic E-state index is -0.678. The normalized spacial score (nSPS) is 11.3. The van der Waals surface area contributed by atoms with Gasteiger partial charge in [0.2, 0.25) is 5.91 Å². The second-order valence-corrected chi connectivity index (χ2v) is 4.77. The first-order valence-corrected chi connectivity index (χ1v) is 5.60. The molecule has 0 fully saturated rings. The lowest BCUT2D eigenvalue weighted by molar-refractivity contribution is -0.122. The monoisotopic (exact) mass is 263 g/mol. The molecule has 0 heterocycles. The Morgan fingerprint density at radius 2 is 2.12 bits per heavy atom. The zero-order chi connectivity index (χ0) is 12.3. The van der Waals surface area contributed by atoms with Crippen LogP contribution < -0.4 is 5.32 Å². The van der Waals surface area contributed by atoms with Gasteiger partial charge in [-0.25, -0.2) is 4.39 Å². The van der Waals surface area contributed by atoms with Gasteiger partial charge in [0.15, 0.2) is 0 Å². The van der Waals surface area contributed by atoms with Crippen LogP contribution in [-0.2, 0) is 4.79 Å². The quantitative estimate of drug-likeness (QED) is 0.829. The summed E-state index contributed by atoms with van der Waals surface area (Å²) >= 11 is 11.3. The van der Waals surface area contributed by atoms with Crippen LogP contribution >= 0.6 is 23.2 Å². The molecule has 0 atom stereocenters. The van der Waals surface area contributed by atoms with E-state index in [2.05, 4.69) is 5.32 Å². The molecule has 0 radical (unpaired) electrons. The second kappa shape index (κ2) is 5.02. The van der Waals surface area contributed by atoms with E-state index in [9.17, 15) is 9.18 Å². The maximum Gasteiger partial charge on any atom is 0.231 e. The van der Waals surface area contributed by atoms with Gasteiger partial charge in [-0.1, -0.05) is 11.6 Å². The zero-order valence-electron chi connectivity index (χ0n) is 8.98. The molecule has 0 bridgehead atoms. The molecule has 1 rings (SSSR count). The van der Waals surface area contributed by atoms with Gasteiger partial charge in [0, 0.05) is 11.6 Å². The molecule has 1 aromatic carbocycles. The van der Waals surface area contributed by atoms with Crippen molar-refractivity contribution in [3.63, 3.8) is 0 Å². The number of rotatable bonds is 3. The van der Waals surface area contributed by atoms with Crippen LogP contribution in [0.5, 0.6) is 0 Å². The van der Waals surface area contributed by atoms with Crippen LogP contribution in [0.1, 0.15) is 13.8 Å². The fourth-order valence-corrected chi connectivity index (χ4v) is 1.24. The van der Waals surface area contributed by atoms with E-state index < -0.39 is 11.2 Å². The number of benzene rings is 1. The number of hydrogen-bond acceptors (Lipinski definition) is 1. The van der Waals surface area contributed by atoms with Crippen LogP contribution in [-0.4, -0.2) is 11.8 Å². The van der Waals surface area contributed by atoms with Crippen molar-refractivity contribution in [1.82, 2.24) is 0 Å². The first-order chi connectivity index (χ1) is 7.36. The summed E-state index contributed by atoms with van der Waals surface area (Å²) < 4.78 is 12.9. The summed E-state index contributed by atoms with van der Waals surface area (Å²) in [6.45, 7) is 3.45. The van der Waals surface area contributed by atoms with Crippen molar-refractivity contribution in [2.24, 2.45) is 5.41 Å². The molecule has 0 aromatic heterocycles. The molecule has 2 nitrogen and oxygen atoms in total. The van der Waals surface area contributed by atoms with E-state index >= 15 is 0 Å². The summed E-state index contributed by atoms with van der Waals surface area (Å²) in [6.07, 6.45) is 0. The number of anilines is 1. The molecule has 88 valence electrons. The van der Waals surface area contributed by atoms with Crippen molar-refractivity contribution in [2.45, 2.75) is 13.8 Å². The molecule has 0 aliphatic rings. The predicted octanol–water partition coefficient (Wildman–Crippen LogP) is 3.68. The lowest BCUT2D eigenvalue weighted by Gasteiger charge is -2.20. The zero-order valence-corrected chi connectivity index (χ0v) is 10.5. The smallest absolute Gasteiger partial charge is 0.231 e. The minimum Gasteiger partial charge on any atom is -0.326 e. The van der Waals surface area contributed by atoms with Crippen molar-refractivity contribution in [2.75, 3.05) is 11.2 Å². The molecule has 1 N–H and O–H groups in total. The van der Waals surface area contributed by atoms with Crippen molar-refractivity contribution in [3.8, 4) is 0 Å². The van der Waals surface area contributed by atoms with Crippen LogP contribution in [0.15, 0.2) is 18.2 Å². The molecular weight excluding hydrogens is 252 g/mol. The lowest BCUT2D eigenvalue weighted by atomic mass is 9.95. The van der Waals surface area contributed by atoms with Gasteiger partial charge in [-0.15, -0.1) is 11.6 Å². The third-order valence-corrected chi connectivity index (χ3v) is 3.08. The minimum absolute atomic E-state index is 0.0264. The summed E-state index contributed by atoms with van der Waals surface area (Å²) in [6, 6.07) is 4.01. The Morgan fingerprint density at radius 1 is 1.50 bits per heavy atom. The number of carbonyl (C=O) groups is 1. The van der Waals surface area contributed by atoms with E-state index in [-0.39, 0.29) is 16.8 Å². The highest BCUT2D eigenvalue weighted by atomic mass is 35.5. The molecule has 0 saturated heterocycles. The number of carbonyl (C=O) groups excluding carboxylic acids is 1. The van der Waals surface area contributed by atoms with E-state index in [0.29, 0.717) is 5.69 Å². The molecule has 0 saturated carbocycles. The van der Waals surface area contributed by atoms with Crippen LogP contribution in [0.2, 0.25) is 5.02 Å². The third kappa shape index (κ3) is 3.09. The van der Waals surface area contributed by atoms with Crippen molar-refractivity contribution in [1.29, 1.82) is 0 Å². The fraction of sp³-hybridized carbons (Fsp3) is 0.364. The van der Waals surface area contributed by atoms with Gasteiger partial charge < -0.3 is 5.32 Å². The van der Waals surface area contributed by atoms with E-state index in [1.165, 1.54) is 18.2 Å². The van der Waals surface area contributed by atoms with E-state index in [1.54, 1.807) is 13.8 Å². The van der Waals surface area contributed by atoms with Crippen molar-refractivity contribution in [3.05, 3.63) is 29.0 Å². The predicted molar refractivity (Wildman–Crippen MR) is 64.5 cm³/mol. The second-order valence-electron chi connectivity index (χ2n) is 4.10. The molecular formula is C11H12Cl2FNO. The van der Waals surface area contributed by atoms with Gasteiger partial charge in [-0.2, -0.15) is 0 Å². The molecule has 0 aliphatic carbocycles. The molecule has 0 spiro atoms. The van der Waals surface area contributed by atoms with Crippen LogP contribution in [0.25, 0.3) is 0 Å². The molecule has 0 aliphatic heterocycles. The number of amides is 1. The molecule has 16 heavy (non-hydrogen) atoms. The Bertz CT molecular complexity index is 407. The van der Waals surface area contributed by atoms with Gasteiger partial charge in [-0.3, -0.25) is 4.79 Å². The largest absolute Gasteiger partial charge is 0.326 e. The van der Waals surface area contributed by atoms with Crippen LogP contribution in [0.3, 0.4) is 0 Å². The molecule has 1 amide bonds. The topological polar surface area (TPSA) is 29.1 Å². The number of hydrogen-bond donors (Lipinski definition) is 1. The average molecular weight is 264 g/mol. The molecule has 0 unspecified atom stereocenters. The third-order valence-electron chi connectivity index (χ3n) is 2.13. The highest BCUT2D eigenvalue weighted by molar-refractivity contribution is 6.31. The number of halogens is 3. The Morgan fingerprint density at radius 3 is 2.62 bits per heavy atom. The lowest BCUT2D eigenvalue weighted by Crippen LogP contribution is -2.32. The number of nitrogens with one attached hydrogen (secondary N) is 1. The van der Waals surface area contributed by atoms with Crippen molar-refractivity contribution >= 4 is 34.8 Å². The Kier molecular flexibility index (Phi) is 4.16. The Labute approximate surface area is 104 Å². The summed E-state index contributed by atoms with van der Waals surface area (Å²) in [5.41, 5.74) is -0.225. The summed E-state index contributed by atoms with van der Waals surface area (Å²) in [4.78, 5) is 11.7. The van der Waals surface area contributed by atoms with Gasteiger partial charge >= 0.3 is 0 Å². The fourth-order valence-electron chi connectivity index (χ4n) is 0.935. The average Bonchev–Trinajstić information content (AvgIpc) is 2.23. The maximum absolute atomic E-state index is 12.9. The summed E-state index contributed by atoms with van der Waals surface area (Å²) in [7, 11) is 0. The van der Waals surface area contributed by atoms with Crippen LogP contribution in [0, 0.1) is 11.2 Å². The van der Waals surface area contributed by atoms with Gasteiger partial charge in [0.1, 0.15) is 5.82 Å². The van der Waals surface area contributed by atoms with E-state index in [4.69, 9.17) is 23.2 Å². The van der Waals surface area contributed by atoms with Crippen LogP contribution in [0.4, 0.5) is 10.1 Å². The summed E-state index contributed by atoms with van der Waals surface area (Å²) in [5.74, 6) is -0.547. The van der Waals surface area contributed by atoms with E-state index in [1.807, 2.05) is 0 Å².